The van der Waals surface area contributed by atoms with Crippen molar-refractivity contribution in [3.05, 3.63) is 31.1 Å². The summed E-state index contributed by atoms with van der Waals surface area (Å²) < 4.78 is 1.92. The monoisotopic (exact) mass is 266 g/mol. The molecule has 0 radical (unpaired) electrons. The van der Waals surface area contributed by atoms with Crippen LogP contribution in [-0.4, -0.2) is 27.5 Å². The van der Waals surface area contributed by atoms with E-state index in [9.17, 15) is 0 Å². The smallest absolute Gasteiger partial charge is 0.166 e. The number of aromatic nitrogens is 2. The van der Waals surface area contributed by atoms with Crippen molar-refractivity contribution >= 4 is 17.3 Å². The van der Waals surface area contributed by atoms with Crippen molar-refractivity contribution in [2.24, 2.45) is 5.41 Å². The van der Waals surface area contributed by atoms with Gasteiger partial charge < -0.3 is 10.6 Å². The predicted octanol–water partition coefficient (Wildman–Crippen LogP) is 1.95. The molecule has 18 heavy (non-hydrogen) atoms. The molecule has 0 unspecified atom stereocenters. The molecule has 100 valence electrons. The zero-order valence-corrected chi connectivity index (χ0v) is 12.1. The lowest BCUT2D eigenvalue weighted by molar-refractivity contribution is 0.260. The predicted molar refractivity (Wildman–Crippen MR) is 79.4 cm³/mol. The van der Waals surface area contributed by atoms with Crippen LogP contribution in [0.5, 0.6) is 0 Å². The molecule has 0 saturated carbocycles. The highest BCUT2D eigenvalue weighted by atomic mass is 32.1. The van der Waals surface area contributed by atoms with Crippen LogP contribution < -0.4 is 10.6 Å². The maximum Gasteiger partial charge on any atom is 0.166 e. The Morgan fingerprint density at radius 3 is 2.78 bits per heavy atom. The summed E-state index contributed by atoms with van der Waals surface area (Å²) in [5.41, 5.74) is 0.0892. The Kier molecular flexibility index (Phi) is 5.34. The van der Waals surface area contributed by atoms with E-state index >= 15 is 0 Å². The summed E-state index contributed by atoms with van der Waals surface area (Å²) in [6.07, 6.45) is 5.53. The van der Waals surface area contributed by atoms with E-state index in [1.807, 2.05) is 16.9 Å². The Labute approximate surface area is 114 Å². The third-order valence-corrected chi connectivity index (χ3v) is 2.95. The van der Waals surface area contributed by atoms with Gasteiger partial charge in [0.1, 0.15) is 0 Å². The van der Waals surface area contributed by atoms with Crippen molar-refractivity contribution in [2.75, 3.05) is 6.54 Å². The van der Waals surface area contributed by atoms with Crippen LogP contribution in [0.4, 0.5) is 0 Å². The van der Waals surface area contributed by atoms with Gasteiger partial charge in [0, 0.05) is 18.9 Å². The van der Waals surface area contributed by atoms with Crippen molar-refractivity contribution in [1.82, 2.24) is 20.4 Å². The first-order chi connectivity index (χ1) is 8.43. The number of hydrogen-bond donors (Lipinski definition) is 2. The number of thiocarbonyl (C=S) groups is 1. The van der Waals surface area contributed by atoms with Gasteiger partial charge in [0.05, 0.1) is 12.6 Å². The minimum atomic E-state index is 0.0892. The largest absolute Gasteiger partial charge is 0.359 e. The molecular weight excluding hydrogens is 244 g/mol. The molecule has 0 saturated heterocycles. The van der Waals surface area contributed by atoms with Gasteiger partial charge >= 0.3 is 0 Å². The topological polar surface area (TPSA) is 41.9 Å². The fraction of sp³-hybridized carbons (Fsp3) is 0.538. The second-order valence-electron chi connectivity index (χ2n) is 5.29. The summed E-state index contributed by atoms with van der Waals surface area (Å²) in [6.45, 7) is 11.7. The van der Waals surface area contributed by atoms with Crippen LogP contribution >= 0.6 is 12.2 Å². The quantitative estimate of drug-likeness (QED) is 0.631. The molecule has 0 bridgehead atoms. The summed E-state index contributed by atoms with van der Waals surface area (Å²) in [6, 6.07) is 2.13. The average Bonchev–Trinajstić information content (AvgIpc) is 2.77. The lowest BCUT2D eigenvalue weighted by Gasteiger charge is -2.32. The molecule has 1 aromatic heterocycles. The van der Waals surface area contributed by atoms with Crippen molar-refractivity contribution < 1.29 is 0 Å². The Morgan fingerprint density at radius 1 is 1.56 bits per heavy atom. The van der Waals surface area contributed by atoms with Crippen LogP contribution in [0.25, 0.3) is 0 Å². The zero-order chi connectivity index (χ0) is 13.6. The van der Waals surface area contributed by atoms with E-state index in [2.05, 4.69) is 43.1 Å². The maximum atomic E-state index is 5.26. The van der Waals surface area contributed by atoms with E-state index in [0.717, 1.165) is 6.54 Å². The Bertz CT molecular complexity index is 378. The summed E-state index contributed by atoms with van der Waals surface area (Å²) in [5, 5.41) is 11.3. The van der Waals surface area contributed by atoms with Gasteiger partial charge in [-0.25, -0.2) is 0 Å². The van der Waals surface area contributed by atoms with Crippen molar-refractivity contribution in [3.63, 3.8) is 0 Å². The van der Waals surface area contributed by atoms with Gasteiger partial charge in [-0.1, -0.05) is 26.8 Å². The molecule has 0 spiro atoms. The van der Waals surface area contributed by atoms with Gasteiger partial charge in [-0.05, 0) is 23.7 Å². The van der Waals surface area contributed by atoms with Crippen LogP contribution in [0, 0.1) is 5.41 Å². The summed E-state index contributed by atoms with van der Waals surface area (Å²) >= 11 is 5.26. The molecule has 0 amide bonds. The third-order valence-electron chi connectivity index (χ3n) is 2.69. The second-order valence-corrected chi connectivity index (χ2v) is 5.70. The first-order valence-corrected chi connectivity index (χ1v) is 6.47. The van der Waals surface area contributed by atoms with E-state index < -0.39 is 0 Å². The number of nitrogens with one attached hydrogen (secondary N) is 2. The van der Waals surface area contributed by atoms with Crippen LogP contribution in [0.1, 0.15) is 20.8 Å². The van der Waals surface area contributed by atoms with Crippen LogP contribution in [0.15, 0.2) is 31.1 Å². The Morgan fingerprint density at radius 2 is 2.28 bits per heavy atom. The van der Waals surface area contributed by atoms with Crippen LogP contribution in [0.3, 0.4) is 0 Å². The zero-order valence-electron chi connectivity index (χ0n) is 11.3. The van der Waals surface area contributed by atoms with Crippen molar-refractivity contribution in [2.45, 2.75) is 33.4 Å². The summed E-state index contributed by atoms with van der Waals surface area (Å²) in [7, 11) is 0. The fourth-order valence-corrected chi connectivity index (χ4v) is 1.73. The SMILES string of the molecule is C=CCNC(=S)N[C@@H](Cn1cccn1)C(C)(C)C. The summed E-state index contributed by atoms with van der Waals surface area (Å²) in [4.78, 5) is 0. The van der Waals surface area contributed by atoms with Crippen LogP contribution in [-0.2, 0) is 6.54 Å². The number of nitrogens with zero attached hydrogens (tertiary/aromatic N) is 2. The second kappa shape index (κ2) is 6.54. The highest BCUT2D eigenvalue weighted by Gasteiger charge is 2.25. The molecule has 0 aliphatic heterocycles. The molecule has 1 atom stereocenters. The molecule has 0 aromatic carbocycles. The van der Waals surface area contributed by atoms with Gasteiger partial charge in [0.25, 0.3) is 0 Å². The molecular formula is C13H22N4S. The Balaban J connectivity index is 2.62. The average molecular weight is 266 g/mol. The van der Waals surface area contributed by atoms with E-state index in [-0.39, 0.29) is 11.5 Å². The van der Waals surface area contributed by atoms with E-state index in [0.29, 0.717) is 11.7 Å². The van der Waals surface area contributed by atoms with Crippen LogP contribution in [0.2, 0.25) is 0 Å². The van der Waals surface area contributed by atoms with E-state index in [1.54, 1.807) is 12.3 Å². The minimum Gasteiger partial charge on any atom is -0.359 e. The molecule has 5 heteroatoms. The molecule has 0 fully saturated rings. The number of rotatable bonds is 5. The standard InChI is InChI=1S/C13H22N4S/c1-5-7-14-12(18)16-11(13(2,3)4)10-17-9-6-8-15-17/h5-6,8-9,11H,1,7,10H2,2-4H3,(H2,14,16,18)/t11-/m0/s1. The van der Waals surface area contributed by atoms with Crippen molar-refractivity contribution in [1.29, 1.82) is 0 Å². The van der Waals surface area contributed by atoms with E-state index in [4.69, 9.17) is 12.2 Å². The molecule has 1 heterocycles. The molecule has 1 rings (SSSR count). The van der Waals surface area contributed by atoms with Gasteiger partial charge in [-0.3, -0.25) is 4.68 Å². The fourth-order valence-electron chi connectivity index (χ4n) is 1.51. The summed E-state index contributed by atoms with van der Waals surface area (Å²) in [5.74, 6) is 0. The first-order valence-electron chi connectivity index (χ1n) is 6.06. The third kappa shape index (κ3) is 4.87. The van der Waals surface area contributed by atoms with Gasteiger partial charge in [-0.2, -0.15) is 5.10 Å². The molecule has 4 nitrogen and oxygen atoms in total. The normalized spacial score (nSPS) is 12.8. The first kappa shape index (κ1) is 14.7. The molecule has 2 N–H and O–H groups in total. The van der Waals surface area contributed by atoms with Gasteiger partial charge in [-0.15, -0.1) is 6.58 Å². The molecule has 1 aromatic rings. The lowest BCUT2D eigenvalue weighted by Crippen LogP contribution is -2.50. The molecule has 0 aliphatic carbocycles. The maximum absolute atomic E-state index is 5.26. The van der Waals surface area contributed by atoms with Gasteiger partial charge in [0.2, 0.25) is 0 Å². The highest BCUT2D eigenvalue weighted by molar-refractivity contribution is 7.80. The highest BCUT2D eigenvalue weighted by Crippen LogP contribution is 2.20. The Hall–Kier alpha value is -1.36. The number of hydrogen-bond acceptors (Lipinski definition) is 2. The van der Waals surface area contributed by atoms with E-state index in [1.165, 1.54) is 0 Å². The van der Waals surface area contributed by atoms with Gasteiger partial charge in [0.15, 0.2) is 5.11 Å². The molecule has 0 aliphatic rings. The van der Waals surface area contributed by atoms with Crippen molar-refractivity contribution in [3.8, 4) is 0 Å². The minimum absolute atomic E-state index is 0.0892. The lowest BCUT2D eigenvalue weighted by atomic mass is 9.87.